The molecule has 2 nitrogen and oxygen atoms in total. The average Bonchev–Trinajstić information content (AvgIpc) is 2.74. The molecule has 1 aromatic heterocycles. The van der Waals surface area contributed by atoms with Crippen molar-refractivity contribution in [2.24, 2.45) is 13.0 Å². The van der Waals surface area contributed by atoms with E-state index >= 15 is 0 Å². The van der Waals surface area contributed by atoms with E-state index < -0.39 is 11.9 Å². The molecule has 0 amide bonds. The van der Waals surface area contributed by atoms with Gasteiger partial charge in [-0.1, -0.05) is 52.4 Å². The highest BCUT2D eigenvalue weighted by Crippen LogP contribution is 2.29. The summed E-state index contributed by atoms with van der Waals surface area (Å²) in [4.78, 5) is 0. The van der Waals surface area contributed by atoms with Crippen LogP contribution in [-0.4, -0.2) is 9.78 Å². The fourth-order valence-electron chi connectivity index (χ4n) is 2.44. The normalized spacial score (nSPS) is 13.7. The molecular weight excluding hydrogens is 265 g/mol. The predicted molar refractivity (Wildman–Crippen MR) is 74.5 cm³/mol. The average molecular weight is 290 g/mol. The van der Waals surface area contributed by atoms with E-state index in [0.29, 0.717) is 18.0 Å². The van der Waals surface area contributed by atoms with E-state index in [-0.39, 0.29) is 0 Å². The van der Waals surface area contributed by atoms with Gasteiger partial charge in [0, 0.05) is 12.7 Å². The van der Waals surface area contributed by atoms with Crippen molar-refractivity contribution < 1.29 is 13.2 Å². The second-order valence-corrected chi connectivity index (χ2v) is 5.47. The first-order valence-corrected chi connectivity index (χ1v) is 7.48. The first-order chi connectivity index (χ1) is 9.38. The highest BCUT2D eigenvalue weighted by atomic mass is 19.4. The number of aromatic nitrogens is 2. The lowest BCUT2D eigenvalue weighted by Gasteiger charge is -2.14. The topological polar surface area (TPSA) is 17.8 Å². The Morgan fingerprint density at radius 1 is 1.20 bits per heavy atom. The van der Waals surface area contributed by atoms with Crippen LogP contribution in [0.2, 0.25) is 0 Å². The molecule has 1 aromatic rings. The first-order valence-electron chi connectivity index (χ1n) is 7.48. The summed E-state index contributed by atoms with van der Waals surface area (Å²) in [6, 6.07) is 1.19. The summed E-state index contributed by atoms with van der Waals surface area (Å²) in [5.41, 5.74) is -0.101. The third kappa shape index (κ3) is 5.17. The van der Waals surface area contributed by atoms with Crippen molar-refractivity contribution in [3.63, 3.8) is 0 Å². The van der Waals surface area contributed by atoms with Crippen LogP contribution in [0.1, 0.15) is 63.8 Å². The Morgan fingerprint density at radius 3 is 2.40 bits per heavy atom. The summed E-state index contributed by atoms with van der Waals surface area (Å²) in [5.74, 6) is 0.448. The number of alkyl halides is 3. The molecule has 0 aromatic carbocycles. The van der Waals surface area contributed by atoms with Crippen molar-refractivity contribution in [1.82, 2.24) is 9.78 Å². The fraction of sp³-hybridized carbons (Fsp3) is 0.800. The van der Waals surface area contributed by atoms with Crippen molar-refractivity contribution in [2.45, 2.75) is 65.0 Å². The Balaban J connectivity index is 2.59. The minimum atomic E-state index is -4.35. The summed E-state index contributed by atoms with van der Waals surface area (Å²) < 4.78 is 39.2. The lowest BCUT2D eigenvalue weighted by molar-refractivity contribution is -0.141. The maximum absolute atomic E-state index is 12.6. The molecule has 1 atom stereocenters. The Kier molecular flexibility index (Phi) is 6.56. The van der Waals surface area contributed by atoms with Crippen LogP contribution in [0.25, 0.3) is 0 Å². The fourth-order valence-corrected chi connectivity index (χ4v) is 2.44. The number of halogens is 3. The predicted octanol–water partition coefficient (Wildman–Crippen LogP) is 4.98. The molecule has 0 aliphatic carbocycles. The van der Waals surface area contributed by atoms with E-state index in [1.807, 2.05) is 0 Å². The van der Waals surface area contributed by atoms with Crippen molar-refractivity contribution in [2.75, 3.05) is 0 Å². The van der Waals surface area contributed by atoms with Gasteiger partial charge in [-0.3, -0.25) is 4.68 Å². The molecule has 0 fully saturated rings. The minimum Gasteiger partial charge on any atom is -0.272 e. The molecule has 116 valence electrons. The number of hydrogen-bond donors (Lipinski definition) is 0. The zero-order chi connectivity index (χ0) is 15.2. The summed E-state index contributed by atoms with van der Waals surface area (Å²) in [5, 5.41) is 3.57. The van der Waals surface area contributed by atoms with Gasteiger partial charge in [-0.05, 0) is 18.4 Å². The third-order valence-electron chi connectivity index (χ3n) is 3.81. The standard InChI is InChI=1S/C15H25F3N2/c1-4-6-7-8-9-12(5-2)10-13-11-14(15(16,17)18)19-20(13)3/h11-12H,4-10H2,1-3H3. The van der Waals surface area contributed by atoms with Gasteiger partial charge in [-0.2, -0.15) is 18.3 Å². The van der Waals surface area contributed by atoms with Crippen LogP contribution in [0.5, 0.6) is 0 Å². The van der Waals surface area contributed by atoms with Crippen LogP contribution < -0.4 is 0 Å². The van der Waals surface area contributed by atoms with Crippen molar-refractivity contribution >= 4 is 0 Å². The van der Waals surface area contributed by atoms with Gasteiger partial charge in [-0.15, -0.1) is 0 Å². The van der Waals surface area contributed by atoms with Gasteiger partial charge >= 0.3 is 6.18 Å². The second kappa shape index (κ2) is 7.70. The van der Waals surface area contributed by atoms with Gasteiger partial charge < -0.3 is 0 Å². The van der Waals surface area contributed by atoms with E-state index in [0.717, 1.165) is 19.3 Å². The lowest BCUT2D eigenvalue weighted by atomic mass is 9.93. The SMILES string of the molecule is CCCCCCC(CC)Cc1cc(C(F)(F)F)nn1C. The molecule has 0 saturated heterocycles. The molecule has 20 heavy (non-hydrogen) atoms. The molecule has 0 aliphatic rings. The van der Waals surface area contributed by atoms with E-state index in [1.165, 1.54) is 30.0 Å². The molecule has 0 N–H and O–H groups in total. The number of hydrogen-bond acceptors (Lipinski definition) is 1. The Labute approximate surface area is 119 Å². The second-order valence-electron chi connectivity index (χ2n) is 5.47. The summed E-state index contributed by atoms with van der Waals surface area (Å²) in [6.45, 7) is 4.27. The van der Waals surface area contributed by atoms with Gasteiger partial charge in [-0.25, -0.2) is 0 Å². The van der Waals surface area contributed by atoms with Crippen LogP contribution in [0.4, 0.5) is 13.2 Å². The van der Waals surface area contributed by atoms with E-state index in [2.05, 4.69) is 18.9 Å². The molecule has 0 bridgehead atoms. The Morgan fingerprint density at radius 2 is 1.90 bits per heavy atom. The first kappa shape index (κ1) is 17.1. The number of unbranched alkanes of at least 4 members (excludes halogenated alkanes) is 3. The molecule has 0 saturated carbocycles. The van der Waals surface area contributed by atoms with Gasteiger partial charge in [0.05, 0.1) is 0 Å². The maximum atomic E-state index is 12.6. The molecule has 0 aliphatic heterocycles. The zero-order valence-electron chi connectivity index (χ0n) is 12.6. The Hall–Kier alpha value is -1.00. The van der Waals surface area contributed by atoms with Gasteiger partial charge in [0.2, 0.25) is 0 Å². The molecule has 1 unspecified atom stereocenters. The summed E-state index contributed by atoms with van der Waals surface area (Å²) >= 11 is 0. The molecule has 5 heteroatoms. The van der Waals surface area contributed by atoms with E-state index in [4.69, 9.17) is 0 Å². The van der Waals surface area contributed by atoms with Crippen LogP contribution in [0.15, 0.2) is 6.07 Å². The van der Waals surface area contributed by atoms with Gasteiger partial charge in [0.1, 0.15) is 0 Å². The highest BCUT2D eigenvalue weighted by Gasteiger charge is 2.34. The Bertz CT molecular complexity index is 396. The summed E-state index contributed by atoms with van der Waals surface area (Å²) in [7, 11) is 1.59. The smallest absolute Gasteiger partial charge is 0.272 e. The van der Waals surface area contributed by atoms with Crippen LogP contribution in [0.3, 0.4) is 0 Å². The highest BCUT2D eigenvalue weighted by molar-refractivity contribution is 5.13. The van der Waals surface area contributed by atoms with E-state index in [1.54, 1.807) is 7.05 Å². The van der Waals surface area contributed by atoms with Crippen LogP contribution >= 0.6 is 0 Å². The van der Waals surface area contributed by atoms with E-state index in [9.17, 15) is 13.2 Å². The molecule has 0 spiro atoms. The van der Waals surface area contributed by atoms with Crippen molar-refractivity contribution in [1.29, 1.82) is 0 Å². The quantitative estimate of drug-likeness (QED) is 0.617. The monoisotopic (exact) mass is 290 g/mol. The van der Waals surface area contributed by atoms with Crippen molar-refractivity contribution in [3.05, 3.63) is 17.5 Å². The van der Waals surface area contributed by atoms with Gasteiger partial charge in [0.25, 0.3) is 0 Å². The third-order valence-corrected chi connectivity index (χ3v) is 3.81. The minimum absolute atomic E-state index is 0.448. The summed E-state index contributed by atoms with van der Waals surface area (Å²) in [6.07, 6.45) is 3.24. The number of nitrogens with zero attached hydrogens (tertiary/aromatic N) is 2. The lowest BCUT2D eigenvalue weighted by Crippen LogP contribution is -2.08. The number of rotatable bonds is 8. The zero-order valence-corrected chi connectivity index (χ0v) is 12.6. The van der Waals surface area contributed by atoms with Crippen LogP contribution in [-0.2, 0) is 19.6 Å². The number of aryl methyl sites for hydroxylation is 1. The molecule has 1 heterocycles. The molecular formula is C15H25F3N2. The van der Waals surface area contributed by atoms with Gasteiger partial charge in [0.15, 0.2) is 5.69 Å². The van der Waals surface area contributed by atoms with Crippen molar-refractivity contribution in [3.8, 4) is 0 Å². The molecule has 0 radical (unpaired) electrons. The van der Waals surface area contributed by atoms with Crippen LogP contribution in [0, 0.1) is 5.92 Å². The maximum Gasteiger partial charge on any atom is 0.435 e. The molecule has 1 rings (SSSR count). The largest absolute Gasteiger partial charge is 0.435 e.